The highest BCUT2D eigenvalue weighted by molar-refractivity contribution is 7.89. The van der Waals surface area contributed by atoms with E-state index in [1.807, 2.05) is 6.92 Å². The Balaban J connectivity index is 2.80. The van der Waals surface area contributed by atoms with E-state index in [2.05, 4.69) is 4.72 Å². The van der Waals surface area contributed by atoms with Gasteiger partial charge in [-0.05, 0) is 24.6 Å². The minimum Gasteiger partial charge on any atom is -0.389 e. The van der Waals surface area contributed by atoms with Crippen molar-refractivity contribution in [1.29, 1.82) is 0 Å². The number of rotatable bonds is 6. The molecule has 0 saturated carbocycles. The van der Waals surface area contributed by atoms with Crippen LogP contribution in [0.3, 0.4) is 0 Å². The first-order valence-corrected chi connectivity index (χ1v) is 7.15. The Labute approximate surface area is 112 Å². The molecule has 0 aromatic heterocycles. The van der Waals surface area contributed by atoms with Crippen molar-refractivity contribution in [3.8, 4) is 0 Å². The summed E-state index contributed by atoms with van der Waals surface area (Å²) in [5.74, 6) is 0. The van der Waals surface area contributed by atoms with Crippen LogP contribution in [0.15, 0.2) is 23.1 Å². The number of nitrogens with one attached hydrogen (secondary N) is 1. The SMILES string of the molecule is COCC(O)CNS(=O)(=O)c1ccc(C)cc1Cl. The molecule has 1 aromatic carbocycles. The van der Waals surface area contributed by atoms with Gasteiger partial charge in [0, 0.05) is 13.7 Å². The minimum absolute atomic E-state index is 0.000571. The lowest BCUT2D eigenvalue weighted by molar-refractivity contribution is 0.0679. The average Bonchev–Trinajstić information content (AvgIpc) is 2.26. The van der Waals surface area contributed by atoms with Crippen molar-refractivity contribution in [2.75, 3.05) is 20.3 Å². The highest BCUT2D eigenvalue weighted by Gasteiger charge is 2.18. The summed E-state index contributed by atoms with van der Waals surface area (Å²) in [5.41, 5.74) is 0.873. The summed E-state index contributed by atoms with van der Waals surface area (Å²) < 4.78 is 30.8. The van der Waals surface area contributed by atoms with Crippen molar-refractivity contribution in [2.24, 2.45) is 0 Å². The molecule has 1 unspecified atom stereocenters. The van der Waals surface area contributed by atoms with E-state index in [0.29, 0.717) is 0 Å². The summed E-state index contributed by atoms with van der Waals surface area (Å²) in [6, 6.07) is 4.66. The Kier molecular flexibility index (Phi) is 5.55. The molecule has 0 aliphatic carbocycles. The second-order valence-corrected chi connectivity index (χ2v) is 6.04. The van der Waals surface area contributed by atoms with Crippen molar-refractivity contribution in [3.63, 3.8) is 0 Å². The zero-order chi connectivity index (χ0) is 13.8. The van der Waals surface area contributed by atoms with Crippen molar-refractivity contribution >= 4 is 21.6 Å². The number of sulfonamides is 1. The zero-order valence-electron chi connectivity index (χ0n) is 10.2. The fourth-order valence-electron chi connectivity index (χ4n) is 1.36. The Morgan fingerprint density at radius 2 is 2.17 bits per heavy atom. The van der Waals surface area contributed by atoms with Gasteiger partial charge in [-0.1, -0.05) is 17.7 Å². The smallest absolute Gasteiger partial charge is 0.242 e. The molecule has 102 valence electrons. The molecule has 0 radical (unpaired) electrons. The maximum absolute atomic E-state index is 11.9. The molecule has 18 heavy (non-hydrogen) atoms. The van der Waals surface area contributed by atoms with Crippen LogP contribution >= 0.6 is 11.6 Å². The minimum atomic E-state index is -3.72. The number of hydrogen-bond acceptors (Lipinski definition) is 4. The van der Waals surface area contributed by atoms with Gasteiger partial charge in [0.05, 0.1) is 17.7 Å². The van der Waals surface area contributed by atoms with E-state index in [9.17, 15) is 13.5 Å². The molecule has 0 heterocycles. The van der Waals surface area contributed by atoms with E-state index in [0.717, 1.165) is 5.56 Å². The molecule has 0 aliphatic heterocycles. The van der Waals surface area contributed by atoms with Gasteiger partial charge in [0.1, 0.15) is 4.90 Å². The number of aryl methyl sites for hydroxylation is 1. The number of ether oxygens (including phenoxy) is 1. The van der Waals surface area contributed by atoms with E-state index in [4.69, 9.17) is 16.3 Å². The standard InChI is InChI=1S/C11H16ClNO4S/c1-8-3-4-11(10(12)5-8)18(15,16)13-6-9(14)7-17-2/h3-5,9,13-14H,6-7H2,1-2H3. The molecule has 0 spiro atoms. The van der Waals surface area contributed by atoms with Gasteiger partial charge in [0.25, 0.3) is 0 Å². The molecule has 0 aliphatic rings. The van der Waals surface area contributed by atoms with Gasteiger partial charge in [-0.15, -0.1) is 0 Å². The first-order chi connectivity index (χ1) is 8.36. The van der Waals surface area contributed by atoms with Crippen molar-refractivity contribution in [1.82, 2.24) is 4.72 Å². The molecule has 5 nitrogen and oxygen atoms in total. The van der Waals surface area contributed by atoms with Crippen LogP contribution in [0.1, 0.15) is 5.56 Å². The normalized spacial score (nSPS) is 13.6. The summed E-state index contributed by atoms with van der Waals surface area (Å²) in [6.45, 7) is 1.75. The summed E-state index contributed by atoms with van der Waals surface area (Å²) in [6.07, 6.45) is -0.894. The average molecular weight is 294 g/mol. The molecule has 7 heteroatoms. The van der Waals surface area contributed by atoms with Gasteiger partial charge in [0.15, 0.2) is 0 Å². The van der Waals surface area contributed by atoms with Gasteiger partial charge in [-0.25, -0.2) is 13.1 Å². The Hall–Kier alpha value is -0.660. The molecular formula is C11H16ClNO4S. The maximum atomic E-state index is 11.9. The molecule has 0 saturated heterocycles. The number of halogens is 1. The molecule has 1 atom stereocenters. The largest absolute Gasteiger partial charge is 0.389 e. The number of benzene rings is 1. The van der Waals surface area contributed by atoms with Crippen LogP contribution < -0.4 is 4.72 Å². The highest BCUT2D eigenvalue weighted by atomic mass is 35.5. The third-order valence-electron chi connectivity index (χ3n) is 2.24. The first-order valence-electron chi connectivity index (χ1n) is 5.29. The quantitative estimate of drug-likeness (QED) is 0.818. The van der Waals surface area contributed by atoms with Crippen molar-refractivity contribution < 1.29 is 18.3 Å². The monoisotopic (exact) mass is 293 g/mol. The zero-order valence-corrected chi connectivity index (χ0v) is 11.8. The molecule has 1 aromatic rings. The van der Waals surface area contributed by atoms with E-state index in [1.165, 1.54) is 13.2 Å². The number of hydrogen-bond donors (Lipinski definition) is 2. The van der Waals surface area contributed by atoms with Crippen LogP contribution in [0.4, 0.5) is 0 Å². The Morgan fingerprint density at radius 1 is 1.50 bits per heavy atom. The Bertz CT molecular complexity index is 504. The van der Waals surface area contributed by atoms with Gasteiger partial charge >= 0.3 is 0 Å². The van der Waals surface area contributed by atoms with Crippen molar-refractivity contribution in [3.05, 3.63) is 28.8 Å². The summed E-state index contributed by atoms with van der Waals surface area (Å²) in [4.78, 5) is -0.000571. The van der Waals surface area contributed by atoms with Gasteiger partial charge < -0.3 is 9.84 Å². The van der Waals surface area contributed by atoms with Crippen LogP contribution in [-0.4, -0.2) is 39.9 Å². The van der Waals surface area contributed by atoms with Crippen molar-refractivity contribution in [2.45, 2.75) is 17.9 Å². The van der Waals surface area contributed by atoms with Crippen LogP contribution in [0, 0.1) is 6.92 Å². The lowest BCUT2D eigenvalue weighted by atomic mass is 10.2. The van der Waals surface area contributed by atoms with Gasteiger partial charge in [0.2, 0.25) is 10.0 Å². The second-order valence-electron chi connectivity index (χ2n) is 3.89. The van der Waals surface area contributed by atoms with E-state index in [1.54, 1.807) is 12.1 Å². The summed E-state index contributed by atoms with van der Waals surface area (Å²) in [7, 11) is -2.29. The van der Waals surface area contributed by atoms with Crippen LogP contribution in [-0.2, 0) is 14.8 Å². The van der Waals surface area contributed by atoms with E-state index >= 15 is 0 Å². The van der Waals surface area contributed by atoms with Gasteiger partial charge in [-0.3, -0.25) is 0 Å². The maximum Gasteiger partial charge on any atom is 0.242 e. The second kappa shape index (κ2) is 6.49. The lowest BCUT2D eigenvalue weighted by Gasteiger charge is -2.12. The fourth-order valence-corrected chi connectivity index (χ4v) is 3.03. The van der Waals surface area contributed by atoms with E-state index in [-0.39, 0.29) is 23.1 Å². The predicted octanol–water partition coefficient (Wildman–Crippen LogP) is 0.934. The van der Waals surface area contributed by atoms with Crippen LogP contribution in [0.5, 0.6) is 0 Å². The van der Waals surface area contributed by atoms with Gasteiger partial charge in [-0.2, -0.15) is 0 Å². The topological polar surface area (TPSA) is 75.6 Å². The molecule has 0 amide bonds. The Morgan fingerprint density at radius 3 is 2.72 bits per heavy atom. The number of aliphatic hydroxyl groups excluding tert-OH is 1. The highest BCUT2D eigenvalue weighted by Crippen LogP contribution is 2.22. The van der Waals surface area contributed by atoms with E-state index < -0.39 is 16.1 Å². The molecule has 1 rings (SSSR count). The number of methoxy groups -OCH3 is 1. The molecule has 0 fully saturated rings. The van der Waals surface area contributed by atoms with Crippen LogP contribution in [0.2, 0.25) is 5.02 Å². The summed E-state index contributed by atoms with van der Waals surface area (Å²) >= 11 is 5.88. The lowest BCUT2D eigenvalue weighted by Crippen LogP contribution is -2.34. The third-order valence-corrected chi connectivity index (χ3v) is 4.15. The molecule has 2 N–H and O–H groups in total. The first kappa shape index (κ1) is 15.4. The predicted molar refractivity (Wildman–Crippen MR) is 69.3 cm³/mol. The fraction of sp³-hybridized carbons (Fsp3) is 0.455. The summed E-state index contributed by atoms with van der Waals surface area (Å²) in [5, 5.41) is 9.54. The molecule has 0 bridgehead atoms. The van der Waals surface area contributed by atoms with Crippen LogP contribution in [0.25, 0.3) is 0 Å². The molecular weight excluding hydrogens is 278 g/mol. The number of aliphatic hydroxyl groups is 1. The third kappa shape index (κ3) is 4.22.